The number of rotatable bonds is 6. The minimum Gasteiger partial charge on any atom is -0.506 e. The molecule has 41 heavy (non-hydrogen) atoms. The molecule has 0 aromatic heterocycles. The number of aliphatic carboxylic acids is 1. The van der Waals surface area contributed by atoms with Crippen molar-refractivity contribution >= 4 is 86.2 Å². The van der Waals surface area contributed by atoms with Crippen LogP contribution in [0.25, 0.3) is 0 Å². The summed E-state index contributed by atoms with van der Waals surface area (Å²) in [5.74, 6) is -1.31. The molecule has 4 rings (SSSR count). The van der Waals surface area contributed by atoms with Gasteiger partial charge in [0.25, 0.3) is 5.97 Å². The van der Waals surface area contributed by atoms with Crippen LogP contribution in [0.3, 0.4) is 0 Å². The van der Waals surface area contributed by atoms with Gasteiger partial charge in [0.15, 0.2) is 5.79 Å². The molecule has 2 aromatic rings. The van der Waals surface area contributed by atoms with Gasteiger partial charge in [0, 0.05) is 57.9 Å². The summed E-state index contributed by atoms with van der Waals surface area (Å²) in [4.78, 5) is 18.5. The van der Waals surface area contributed by atoms with E-state index in [4.69, 9.17) is 33.8 Å². The first-order valence-corrected chi connectivity index (χ1v) is 15.4. The molecule has 10 nitrogen and oxygen atoms in total. The minimum absolute atomic E-state index is 0. The Hall–Kier alpha value is -0.614. The van der Waals surface area contributed by atoms with E-state index in [1.165, 1.54) is 0 Å². The summed E-state index contributed by atoms with van der Waals surface area (Å²) in [5, 5.41) is 28.5. The van der Waals surface area contributed by atoms with Crippen LogP contribution in [0.15, 0.2) is 34.3 Å². The third-order valence-electron chi connectivity index (χ3n) is 5.98. The Bertz CT molecular complexity index is 1310. The molecule has 2 heterocycles. The van der Waals surface area contributed by atoms with Gasteiger partial charge < -0.3 is 34.3 Å². The molecule has 3 N–H and O–H groups in total. The maximum atomic E-state index is 10.6. The van der Waals surface area contributed by atoms with E-state index in [0.29, 0.717) is 11.1 Å². The number of phenols is 2. The van der Waals surface area contributed by atoms with E-state index in [2.05, 4.69) is 72.8 Å². The second-order valence-electron chi connectivity index (χ2n) is 9.71. The van der Waals surface area contributed by atoms with E-state index in [9.17, 15) is 10.2 Å². The van der Waals surface area contributed by atoms with Gasteiger partial charge in [0.05, 0.1) is 20.3 Å². The smallest absolute Gasteiger partial charge is 0.300 e. The number of aliphatic imine (C=N–C) groups is 2. The van der Waals surface area contributed by atoms with Gasteiger partial charge in [-0.15, -0.1) is 0 Å². The number of halogens is 3. The van der Waals surface area contributed by atoms with Crippen LogP contribution in [0.4, 0.5) is 0 Å². The fourth-order valence-electron chi connectivity index (χ4n) is 4.42. The topological polar surface area (TPSA) is 139 Å². The van der Waals surface area contributed by atoms with Crippen LogP contribution in [-0.4, -0.2) is 83.8 Å². The number of aromatic hydroxyl groups is 2. The molecule has 227 valence electrons. The summed E-state index contributed by atoms with van der Waals surface area (Å²) in [6, 6.07) is 7.50. The number of ether oxygens (including phenoxy) is 4. The summed E-state index contributed by atoms with van der Waals surface area (Å²) in [7, 11) is 1.58. The monoisotopic (exact) mass is 951 g/mol. The Kier molecular flexibility index (Phi) is 13.7. The van der Waals surface area contributed by atoms with E-state index in [-0.39, 0.29) is 47.5 Å². The van der Waals surface area contributed by atoms with E-state index >= 15 is 0 Å². The molecule has 2 aliphatic rings. The van der Waals surface area contributed by atoms with Crippen molar-refractivity contribution < 1.29 is 55.8 Å². The molecule has 1 radical (unpaired) electrons. The zero-order valence-corrected chi connectivity index (χ0v) is 30.4. The van der Waals surface area contributed by atoms with Crippen molar-refractivity contribution in [3.05, 3.63) is 51.7 Å². The number of benzene rings is 2. The van der Waals surface area contributed by atoms with E-state index in [1.807, 2.05) is 45.0 Å². The molecule has 3 unspecified atom stereocenters. The number of carboxylic acids is 1. The molecule has 2 saturated heterocycles. The van der Waals surface area contributed by atoms with Gasteiger partial charge in [-0.2, -0.15) is 0 Å². The van der Waals surface area contributed by atoms with Crippen LogP contribution in [0, 0.1) is 17.6 Å². The van der Waals surface area contributed by atoms with Gasteiger partial charge in [0.1, 0.15) is 29.8 Å². The Morgan fingerprint density at radius 1 is 1.07 bits per heavy atom. The van der Waals surface area contributed by atoms with Gasteiger partial charge in [-0.05, 0) is 118 Å². The van der Waals surface area contributed by atoms with Crippen LogP contribution in [0.5, 0.6) is 11.5 Å². The fourth-order valence-corrected chi connectivity index (χ4v) is 7.11. The Labute approximate surface area is 290 Å². The second kappa shape index (κ2) is 15.4. The van der Waals surface area contributed by atoms with Crippen LogP contribution >= 0.6 is 67.8 Å². The van der Waals surface area contributed by atoms with Gasteiger partial charge in [-0.1, -0.05) is 0 Å². The number of carbonyl (C=O) groups is 1. The zero-order chi connectivity index (χ0) is 29.8. The molecular formula is C27H31CoI3N2O8. The second-order valence-corrected chi connectivity index (χ2v) is 13.3. The SMILES string of the molecule is CC(=O)O.COC1C2OC(C)(C)O[C@H]2COC1(CN=Cc1cc(C)cc(I)c1O)/N=C/c1cc(I)cc(I)c1O.[Co]. The summed E-state index contributed by atoms with van der Waals surface area (Å²) in [6.07, 6.45) is 1.83. The summed E-state index contributed by atoms with van der Waals surface area (Å²) >= 11 is 6.38. The average Bonchev–Trinajstić information content (AvgIpc) is 3.16. The Balaban J connectivity index is 0.00000110. The van der Waals surface area contributed by atoms with Crippen LogP contribution in [-0.2, 0) is 40.5 Å². The largest absolute Gasteiger partial charge is 0.506 e. The van der Waals surface area contributed by atoms with E-state index in [0.717, 1.165) is 23.2 Å². The molecule has 2 fully saturated rings. The molecule has 0 aliphatic carbocycles. The maximum absolute atomic E-state index is 10.6. The van der Waals surface area contributed by atoms with Crippen molar-refractivity contribution in [1.82, 2.24) is 0 Å². The van der Waals surface area contributed by atoms with Crippen LogP contribution in [0.1, 0.15) is 37.5 Å². The molecule has 2 aliphatic heterocycles. The van der Waals surface area contributed by atoms with E-state index < -0.39 is 29.7 Å². The van der Waals surface area contributed by atoms with E-state index in [1.54, 1.807) is 19.5 Å². The molecule has 4 atom stereocenters. The normalized spacial score (nSPS) is 24.9. The maximum Gasteiger partial charge on any atom is 0.300 e. The average molecular weight is 951 g/mol. The Morgan fingerprint density at radius 3 is 2.27 bits per heavy atom. The first-order chi connectivity index (χ1) is 18.7. The number of phenolic OH excluding ortho intramolecular Hbond substituents is 2. The number of hydrogen-bond donors (Lipinski definition) is 3. The number of hydrogen-bond acceptors (Lipinski definition) is 9. The van der Waals surface area contributed by atoms with Crippen LogP contribution in [0.2, 0.25) is 0 Å². The number of aryl methyl sites for hydroxylation is 1. The van der Waals surface area contributed by atoms with Crippen molar-refractivity contribution in [2.45, 2.75) is 57.5 Å². The van der Waals surface area contributed by atoms with Crippen LogP contribution < -0.4 is 0 Å². The van der Waals surface area contributed by atoms with Crippen molar-refractivity contribution in [3.63, 3.8) is 0 Å². The molecule has 0 saturated carbocycles. The quantitative estimate of drug-likeness (QED) is 0.269. The minimum atomic E-state index is -1.25. The summed E-state index contributed by atoms with van der Waals surface area (Å²) < 4.78 is 26.9. The molecule has 14 heteroatoms. The molecule has 0 amide bonds. The first-order valence-electron chi connectivity index (χ1n) is 12.1. The van der Waals surface area contributed by atoms with Gasteiger partial charge in [-0.3, -0.25) is 14.8 Å². The third kappa shape index (κ3) is 9.44. The van der Waals surface area contributed by atoms with Gasteiger partial charge >= 0.3 is 0 Å². The number of fused-ring (bicyclic) bond motifs is 1. The predicted molar refractivity (Wildman–Crippen MR) is 176 cm³/mol. The number of nitrogens with zero attached hydrogens (tertiary/aromatic N) is 2. The van der Waals surface area contributed by atoms with Crippen molar-refractivity contribution in [2.75, 3.05) is 20.3 Å². The van der Waals surface area contributed by atoms with Crippen molar-refractivity contribution in [2.24, 2.45) is 9.98 Å². The summed E-state index contributed by atoms with van der Waals surface area (Å²) in [5.41, 5.74) is 0.931. The molecule has 0 spiro atoms. The predicted octanol–water partition coefficient (Wildman–Crippen LogP) is 5.11. The van der Waals surface area contributed by atoms with Crippen molar-refractivity contribution in [1.29, 1.82) is 0 Å². The van der Waals surface area contributed by atoms with Gasteiger partial charge in [-0.25, -0.2) is 0 Å². The molecule has 0 bridgehead atoms. The Morgan fingerprint density at radius 2 is 1.66 bits per heavy atom. The standard InChI is InChI=1S/C25H27I3N2O6.C2H4O2.Co/c1-13-5-14(20(31)17(27)6-13)9-29-12-25(30-10-15-7-16(26)8-18(28)21(15)32)23(33-4)22-19(11-34-25)35-24(2,3)36-22;1-2(3)4;/h5-10,19,22-23,31-32H,11-12H2,1-4H3;1H3,(H,3,4);/b29-9?,30-10+;;/t19-,22?,23?,25?;;/m0../s1. The molecule has 2 aromatic carbocycles. The zero-order valence-electron chi connectivity index (χ0n) is 22.9. The third-order valence-corrected chi connectivity index (χ3v) is 8.25. The number of carboxylic acid groups (broad SMARTS) is 1. The molecular weight excluding hydrogens is 920 g/mol. The van der Waals surface area contributed by atoms with Crippen molar-refractivity contribution in [3.8, 4) is 11.5 Å². The first kappa shape index (κ1) is 36.6. The number of methoxy groups -OCH3 is 1. The van der Waals surface area contributed by atoms with Gasteiger partial charge in [0.2, 0.25) is 5.72 Å². The summed E-state index contributed by atoms with van der Waals surface area (Å²) in [6.45, 7) is 7.10. The fraction of sp³-hybridized carbons (Fsp3) is 0.444.